The van der Waals surface area contributed by atoms with Crippen LogP contribution in [0.1, 0.15) is 56.0 Å². The third-order valence-electron chi connectivity index (χ3n) is 6.81. The van der Waals surface area contributed by atoms with Crippen LogP contribution in [0, 0.1) is 0 Å². The summed E-state index contributed by atoms with van der Waals surface area (Å²) in [4.78, 5) is 35.7. The number of hydrogen-bond acceptors (Lipinski definition) is 7. The number of amides is 2. The molecule has 10 nitrogen and oxygen atoms in total. The minimum atomic E-state index is -0.320. The maximum Gasteiger partial charge on any atom is 0.331 e. The van der Waals surface area contributed by atoms with Gasteiger partial charge in [-0.05, 0) is 50.5 Å². The number of rotatable bonds is 5. The summed E-state index contributed by atoms with van der Waals surface area (Å²) in [6.07, 6.45) is 6.47. The van der Waals surface area contributed by atoms with Crippen LogP contribution >= 0.6 is 0 Å². The molecule has 4 heterocycles. The van der Waals surface area contributed by atoms with Crippen molar-refractivity contribution < 1.29 is 18.8 Å². The largest absolute Gasteiger partial charge is 0.439 e. The molecular formula is C26H26N6O4. The van der Waals surface area contributed by atoms with Gasteiger partial charge in [-0.25, -0.2) is 14.8 Å². The van der Waals surface area contributed by atoms with Crippen LogP contribution in [0.25, 0.3) is 10.9 Å². The molecule has 0 radical (unpaired) electrons. The molecule has 1 aromatic carbocycles. The summed E-state index contributed by atoms with van der Waals surface area (Å²) in [6, 6.07) is 8.87. The Morgan fingerprint density at radius 3 is 2.86 bits per heavy atom. The van der Waals surface area contributed by atoms with Gasteiger partial charge in [-0.1, -0.05) is 12.1 Å². The Morgan fingerprint density at radius 1 is 1.19 bits per heavy atom. The van der Waals surface area contributed by atoms with Crippen molar-refractivity contribution in [3.8, 4) is 11.6 Å². The van der Waals surface area contributed by atoms with Gasteiger partial charge in [0.1, 0.15) is 17.8 Å². The number of nitrogens with one attached hydrogen (secondary N) is 1. The lowest BCUT2D eigenvalue weighted by Gasteiger charge is -2.34. The van der Waals surface area contributed by atoms with Crippen LogP contribution in [0.3, 0.4) is 0 Å². The van der Waals surface area contributed by atoms with Crippen molar-refractivity contribution in [1.29, 1.82) is 0 Å². The van der Waals surface area contributed by atoms with Crippen molar-refractivity contribution in [2.45, 2.75) is 58.0 Å². The molecule has 0 spiro atoms. The number of anilines is 1. The van der Waals surface area contributed by atoms with E-state index in [4.69, 9.17) is 9.26 Å². The number of aromatic nitrogens is 4. The third kappa shape index (κ3) is 4.08. The van der Waals surface area contributed by atoms with Gasteiger partial charge in [0, 0.05) is 41.6 Å². The van der Waals surface area contributed by atoms with Crippen molar-refractivity contribution in [1.82, 2.24) is 24.6 Å². The zero-order chi connectivity index (χ0) is 24.8. The van der Waals surface area contributed by atoms with Gasteiger partial charge in [-0.3, -0.25) is 14.7 Å². The van der Waals surface area contributed by atoms with Crippen molar-refractivity contribution in [3.63, 3.8) is 0 Å². The number of ether oxygens (including phenoxy) is 1. The molecule has 1 atom stereocenters. The first kappa shape index (κ1) is 22.3. The van der Waals surface area contributed by atoms with E-state index >= 15 is 0 Å². The van der Waals surface area contributed by atoms with E-state index in [0.717, 1.165) is 40.8 Å². The Balaban J connectivity index is 1.21. The average molecular weight is 487 g/mol. The van der Waals surface area contributed by atoms with Crippen molar-refractivity contribution >= 4 is 28.7 Å². The van der Waals surface area contributed by atoms with E-state index in [1.807, 2.05) is 36.9 Å². The van der Waals surface area contributed by atoms with Crippen LogP contribution < -0.4 is 10.1 Å². The minimum absolute atomic E-state index is 0.0402. The van der Waals surface area contributed by atoms with Crippen molar-refractivity contribution in [2.24, 2.45) is 0 Å². The van der Waals surface area contributed by atoms with Gasteiger partial charge in [0.05, 0.1) is 17.8 Å². The SMILES string of the molecule is CCC(=O)N1Cc2ncnc(Oc3ccc4c(ccn4C(=O)Nc4cc(C5CC5)on4)c3)c2C[C@@H]1C. The first-order valence-electron chi connectivity index (χ1n) is 12.2. The van der Waals surface area contributed by atoms with Crippen LogP contribution in [0.2, 0.25) is 0 Å². The molecule has 2 amide bonds. The molecule has 6 rings (SSSR count). The van der Waals surface area contributed by atoms with Gasteiger partial charge in [-0.15, -0.1) is 0 Å². The van der Waals surface area contributed by atoms with Gasteiger partial charge in [-0.2, -0.15) is 0 Å². The quantitative estimate of drug-likeness (QED) is 0.429. The molecule has 2 aliphatic rings. The zero-order valence-corrected chi connectivity index (χ0v) is 20.1. The molecule has 4 aromatic rings. The fourth-order valence-corrected chi connectivity index (χ4v) is 4.67. The highest BCUT2D eigenvalue weighted by Crippen LogP contribution is 2.40. The van der Waals surface area contributed by atoms with Gasteiger partial charge in [0.15, 0.2) is 5.82 Å². The molecular weight excluding hydrogens is 460 g/mol. The number of benzene rings is 1. The predicted molar refractivity (Wildman–Crippen MR) is 131 cm³/mol. The van der Waals surface area contributed by atoms with E-state index in [0.29, 0.717) is 42.8 Å². The highest BCUT2D eigenvalue weighted by Gasteiger charge is 2.30. The number of carbonyl (C=O) groups is 2. The fourth-order valence-electron chi connectivity index (χ4n) is 4.67. The summed E-state index contributed by atoms with van der Waals surface area (Å²) in [5.74, 6) is 2.85. The first-order chi connectivity index (χ1) is 17.5. The summed E-state index contributed by atoms with van der Waals surface area (Å²) < 4.78 is 13.0. The second-order valence-electron chi connectivity index (χ2n) is 9.36. The lowest BCUT2D eigenvalue weighted by Crippen LogP contribution is -2.42. The van der Waals surface area contributed by atoms with Crippen molar-refractivity contribution in [3.05, 3.63) is 59.9 Å². The Kier molecular flexibility index (Phi) is 5.43. The van der Waals surface area contributed by atoms with Gasteiger partial charge >= 0.3 is 6.03 Å². The molecule has 0 bridgehead atoms. The molecule has 0 saturated heterocycles. The Hall–Kier alpha value is -4.21. The monoisotopic (exact) mass is 486 g/mol. The predicted octanol–water partition coefficient (Wildman–Crippen LogP) is 4.85. The number of hydrogen-bond donors (Lipinski definition) is 1. The summed E-state index contributed by atoms with van der Waals surface area (Å²) in [5.41, 5.74) is 2.46. The molecule has 1 aliphatic carbocycles. The average Bonchev–Trinajstić information content (AvgIpc) is 3.48. The second-order valence-corrected chi connectivity index (χ2v) is 9.36. The maximum absolute atomic E-state index is 12.8. The van der Waals surface area contributed by atoms with Crippen LogP contribution in [0.15, 0.2) is 47.4 Å². The highest BCUT2D eigenvalue weighted by atomic mass is 16.5. The normalized spacial score (nSPS) is 17.2. The zero-order valence-electron chi connectivity index (χ0n) is 20.1. The van der Waals surface area contributed by atoms with E-state index in [2.05, 4.69) is 20.4 Å². The van der Waals surface area contributed by atoms with E-state index in [9.17, 15) is 9.59 Å². The van der Waals surface area contributed by atoms with Crippen LogP contribution in [0.5, 0.6) is 11.6 Å². The summed E-state index contributed by atoms with van der Waals surface area (Å²) >= 11 is 0. The van der Waals surface area contributed by atoms with Crippen LogP contribution in [-0.2, 0) is 17.8 Å². The highest BCUT2D eigenvalue weighted by molar-refractivity contribution is 5.98. The van der Waals surface area contributed by atoms with E-state index in [-0.39, 0.29) is 18.0 Å². The van der Waals surface area contributed by atoms with E-state index in [1.165, 1.54) is 10.9 Å². The molecule has 1 N–H and O–H groups in total. The van der Waals surface area contributed by atoms with Crippen LogP contribution in [0.4, 0.5) is 10.6 Å². The number of fused-ring (bicyclic) bond motifs is 2. The smallest absolute Gasteiger partial charge is 0.331 e. The third-order valence-corrected chi connectivity index (χ3v) is 6.81. The van der Waals surface area contributed by atoms with Gasteiger partial charge in [0.2, 0.25) is 11.8 Å². The van der Waals surface area contributed by atoms with Crippen LogP contribution in [-0.4, -0.2) is 42.6 Å². The second kappa shape index (κ2) is 8.78. The number of nitrogens with zero attached hydrogens (tertiary/aromatic N) is 5. The Bertz CT molecular complexity index is 1470. The maximum atomic E-state index is 12.8. The first-order valence-corrected chi connectivity index (χ1v) is 12.2. The minimum Gasteiger partial charge on any atom is -0.439 e. The van der Waals surface area contributed by atoms with Gasteiger partial charge < -0.3 is 14.2 Å². The Morgan fingerprint density at radius 2 is 2.06 bits per heavy atom. The summed E-state index contributed by atoms with van der Waals surface area (Å²) in [5, 5.41) is 7.59. The molecule has 1 saturated carbocycles. The molecule has 184 valence electrons. The van der Waals surface area contributed by atoms with Gasteiger partial charge in [0.25, 0.3) is 0 Å². The summed E-state index contributed by atoms with van der Waals surface area (Å²) in [7, 11) is 0. The molecule has 0 unspecified atom stereocenters. The molecule has 1 aliphatic heterocycles. The lowest BCUT2D eigenvalue weighted by atomic mass is 9.99. The lowest BCUT2D eigenvalue weighted by molar-refractivity contribution is -0.134. The fraction of sp³-hybridized carbons (Fsp3) is 0.346. The van der Waals surface area contributed by atoms with Crippen molar-refractivity contribution in [2.75, 3.05) is 5.32 Å². The molecule has 1 fully saturated rings. The molecule has 3 aromatic heterocycles. The van der Waals surface area contributed by atoms with E-state index < -0.39 is 0 Å². The molecule has 10 heteroatoms. The topological polar surface area (TPSA) is 115 Å². The summed E-state index contributed by atoms with van der Waals surface area (Å²) in [6.45, 7) is 4.34. The number of carbonyl (C=O) groups excluding carboxylic acids is 2. The standard InChI is InChI=1S/C26H26N6O4/c1-3-24(33)32-13-20-19(10-15(32)2)25(28-14-27-20)35-18-6-7-21-17(11-18)8-9-31(21)26(34)29-23-12-22(36-30-23)16-4-5-16/h6-9,11-12,14-16H,3-5,10,13H2,1-2H3,(H,29,30,34)/t15-/m0/s1. The molecule has 36 heavy (non-hydrogen) atoms. The Labute approximate surface area is 207 Å². The van der Waals surface area contributed by atoms with E-state index in [1.54, 1.807) is 18.3 Å².